The summed E-state index contributed by atoms with van der Waals surface area (Å²) >= 11 is 1.44. The van der Waals surface area contributed by atoms with Gasteiger partial charge in [0.15, 0.2) is 0 Å². The largest absolute Gasteiger partial charge is 0.368 e. The molecule has 0 bridgehead atoms. The quantitative estimate of drug-likeness (QED) is 0.722. The summed E-state index contributed by atoms with van der Waals surface area (Å²) in [6.45, 7) is 10.1. The molecule has 1 fully saturated rings. The molecule has 1 aromatic carbocycles. The highest BCUT2D eigenvalue weighted by molar-refractivity contribution is 8.00. The topological polar surface area (TPSA) is 67.2 Å². The van der Waals surface area contributed by atoms with E-state index in [1.807, 2.05) is 30.0 Å². The van der Waals surface area contributed by atoms with Crippen LogP contribution in [-0.2, 0) is 11.3 Å². The van der Waals surface area contributed by atoms with Crippen molar-refractivity contribution in [3.05, 3.63) is 30.3 Å². The number of carbonyl (C=O) groups excluding carboxylic acids is 1. The van der Waals surface area contributed by atoms with E-state index in [1.54, 1.807) is 4.68 Å². The van der Waals surface area contributed by atoms with Gasteiger partial charge < -0.3 is 9.80 Å². The molecule has 3 rings (SSSR count). The van der Waals surface area contributed by atoms with Gasteiger partial charge in [0.1, 0.15) is 0 Å². The molecule has 1 amide bonds. The van der Waals surface area contributed by atoms with E-state index in [4.69, 9.17) is 0 Å². The van der Waals surface area contributed by atoms with Gasteiger partial charge in [0, 0.05) is 38.4 Å². The van der Waals surface area contributed by atoms with Gasteiger partial charge in [0.25, 0.3) is 0 Å². The Hall–Kier alpha value is -2.09. The summed E-state index contributed by atoms with van der Waals surface area (Å²) < 4.78 is 1.78. The van der Waals surface area contributed by atoms with Crippen molar-refractivity contribution in [2.24, 2.45) is 5.92 Å². The fourth-order valence-electron chi connectivity index (χ4n) is 3.03. The van der Waals surface area contributed by atoms with Gasteiger partial charge in [-0.1, -0.05) is 43.8 Å². The van der Waals surface area contributed by atoms with Crippen molar-refractivity contribution in [1.29, 1.82) is 0 Å². The lowest BCUT2D eigenvalue weighted by atomic mass is 10.2. The highest BCUT2D eigenvalue weighted by Crippen LogP contribution is 2.23. The summed E-state index contributed by atoms with van der Waals surface area (Å²) in [6, 6.07) is 10.4. The van der Waals surface area contributed by atoms with Crippen LogP contribution in [0.3, 0.4) is 0 Å². The Morgan fingerprint density at radius 2 is 1.81 bits per heavy atom. The molecule has 140 valence electrons. The van der Waals surface area contributed by atoms with Gasteiger partial charge in [-0.25, -0.2) is 4.68 Å². The zero-order valence-corrected chi connectivity index (χ0v) is 16.4. The summed E-state index contributed by atoms with van der Waals surface area (Å²) in [7, 11) is 0. The van der Waals surface area contributed by atoms with Crippen molar-refractivity contribution in [2.75, 3.05) is 31.1 Å². The highest BCUT2D eigenvalue weighted by Gasteiger charge is 2.27. The van der Waals surface area contributed by atoms with Gasteiger partial charge in [-0.2, -0.15) is 0 Å². The van der Waals surface area contributed by atoms with Crippen LogP contribution in [-0.4, -0.2) is 62.4 Å². The lowest BCUT2D eigenvalue weighted by Gasteiger charge is -2.37. The summed E-state index contributed by atoms with van der Waals surface area (Å²) in [5.41, 5.74) is 1.22. The Labute approximate surface area is 158 Å². The number of benzene rings is 1. The molecule has 2 aromatic rings. The van der Waals surface area contributed by atoms with Crippen LogP contribution >= 0.6 is 11.8 Å². The van der Waals surface area contributed by atoms with E-state index in [2.05, 4.69) is 46.4 Å². The van der Waals surface area contributed by atoms with Crippen LogP contribution < -0.4 is 4.90 Å². The van der Waals surface area contributed by atoms with E-state index in [-0.39, 0.29) is 11.2 Å². The van der Waals surface area contributed by atoms with Crippen LogP contribution in [0.1, 0.15) is 20.8 Å². The predicted octanol–water partition coefficient (Wildman–Crippen LogP) is 2.16. The highest BCUT2D eigenvalue weighted by atomic mass is 32.2. The number of rotatable bonds is 6. The molecule has 1 atom stereocenters. The van der Waals surface area contributed by atoms with Crippen LogP contribution in [0.5, 0.6) is 0 Å². The smallest absolute Gasteiger partial charge is 0.236 e. The van der Waals surface area contributed by atoms with Gasteiger partial charge in [-0.3, -0.25) is 4.79 Å². The first-order chi connectivity index (χ1) is 12.5. The Kier molecular flexibility index (Phi) is 6.13. The van der Waals surface area contributed by atoms with Gasteiger partial charge in [-0.15, -0.1) is 5.10 Å². The molecule has 26 heavy (non-hydrogen) atoms. The SMILES string of the molecule is CC(C)Cn1nnnc1S[C@H](C)C(=O)N1CCN(c2ccccc2)CC1. The molecule has 0 unspecified atom stereocenters. The number of hydrogen-bond donors (Lipinski definition) is 0. The second-order valence-corrected chi connectivity index (χ2v) is 8.25. The predicted molar refractivity (Wildman–Crippen MR) is 103 cm³/mol. The van der Waals surface area contributed by atoms with Gasteiger partial charge in [-0.05, 0) is 35.4 Å². The molecule has 0 radical (unpaired) electrons. The zero-order valence-electron chi connectivity index (χ0n) is 15.6. The van der Waals surface area contributed by atoms with E-state index in [1.165, 1.54) is 17.4 Å². The van der Waals surface area contributed by atoms with Crippen LogP contribution in [0.25, 0.3) is 0 Å². The van der Waals surface area contributed by atoms with Crippen molar-refractivity contribution in [3.8, 4) is 0 Å². The average molecular weight is 375 g/mol. The molecule has 1 saturated heterocycles. The molecule has 1 aromatic heterocycles. The zero-order chi connectivity index (χ0) is 18.5. The van der Waals surface area contributed by atoms with E-state index >= 15 is 0 Å². The van der Waals surface area contributed by atoms with Crippen LogP contribution in [0.4, 0.5) is 5.69 Å². The third-order valence-corrected chi connectivity index (χ3v) is 5.44. The third kappa shape index (κ3) is 4.55. The minimum absolute atomic E-state index is 0.154. The summed E-state index contributed by atoms with van der Waals surface area (Å²) in [4.78, 5) is 17.1. The van der Waals surface area contributed by atoms with Crippen molar-refractivity contribution in [2.45, 2.75) is 37.7 Å². The Bertz CT molecular complexity index is 711. The molecule has 2 heterocycles. The first-order valence-electron chi connectivity index (χ1n) is 9.06. The Morgan fingerprint density at radius 1 is 1.12 bits per heavy atom. The lowest BCUT2D eigenvalue weighted by Crippen LogP contribution is -2.50. The fourth-order valence-corrected chi connectivity index (χ4v) is 3.91. The number of amides is 1. The van der Waals surface area contributed by atoms with E-state index < -0.39 is 0 Å². The second-order valence-electron chi connectivity index (χ2n) is 6.95. The maximum absolute atomic E-state index is 12.8. The second kappa shape index (κ2) is 8.53. The molecule has 1 aliphatic rings. The molecular formula is C18H26N6OS. The van der Waals surface area contributed by atoms with Crippen molar-refractivity contribution < 1.29 is 4.79 Å². The lowest BCUT2D eigenvalue weighted by molar-refractivity contribution is -0.130. The van der Waals surface area contributed by atoms with Crippen LogP contribution in [0.2, 0.25) is 0 Å². The summed E-state index contributed by atoms with van der Waals surface area (Å²) in [5.74, 6) is 0.608. The number of piperazine rings is 1. The molecule has 8 heteroatoms. The van der Waals surface area contributed by atoms with Crippen LogP contribution in [0.15, 0.2) is 35.5 Å². The number of carbonyl (C=O) groups is 1. The normalized spacial score (nSPS) is 16.2. The molecule has 0 spiro atoms. The number of nitrogens with zero attached hydrogens (tertiary/aromatic N) is 6. The average Bonchev–Trinajstić information content (AvgIpc) is 3.08. The summed E-state index contributed by atoms with van der Waals surface area (Å²) in [6.07, 6.45) is 0. The molecule has 7 nitrogen and oxygen atoms in total. The molecule has 1 aliphatic heterocycles. The standard InChI is InChI=1S/C18H26N6OS/c1-14(2)13-24-18(19-20-21-24)26-15(3)17(25)23-11-9-22(10-12-23)16-7-5-4-6-8-16/h4-8,14-15H,9-13H2,1-3H3/t15-/m1/s1. The van der Waals surface area contributed by atoms with E-state index in [0.717, 1.165) is 32.7 Å². The first kappa shape index (κ1) is 18.7. The molecule has 0 aliphatic carbocycles. The fraction of sp³-hybridized carbons (Fsp3) is 0.556. The number of para-hydroxylation sites is 1. The van der Waals surface area contributed by atoms with Crippen molar-refractivity contribution >= 4 is 23.4 Å². The number of tetrazole rings is 1. The molecule has 0 N–H and O–H groups in total. The molecular weight excluding hydrogens is 348 g/mol. The number of thioether (sulfide) groups is 1. The van der Waals surface area contributed by atoms with Gasteiger partial charge in [0.05, 0.1) is 5.25 Å². The van der Waals surface area contributed by atoms with Gasteiger partial charge >= 0.3 is 0 Å². The number of aromatic nitrogens is 4. The van der Waals surface area contributed by atoms with Gasteiger partial charge in [0.2, 0.25) is 11.1 Å². The maximum Gasteiger partial charge on any atom is 0.236 e. The minimum Gasteiger partial charge on any atom is -0.368 e. The number of hydrogen-bond acceptors (Lipinski definition) is 6. The maximum atomic E-state index is 12.8. The van der Waals surface area contributed by atoms with Crippen molar-refractivity contribution in [3.63, 3.8) is 0 Å². The first-order valence-corrected chi connectivity index (χ1v) is 9.94. The summed E-state index contributed by atoms with van der Waals surface area (Å²) in [5, 5.41) is 12.4. The van der Waals surface area contributed by atoms with Crippen LogP contribution in [0, 0.1) is 5.92 Å². The van der Waals surface area contributed by atoms with E-state index in [0.29, 0.717) is 11.1 Å². The molecule has 0 saturated carbocycles. The monoisotopic (exact) mass is 374 g/mol. The Balaban J connectivity index is 1.54. The Morgan fingerprint density at radius 3 is 2.46 bits per heavy atom. The third-order valence-electron chi connectivity index (χ3n) is 4.38. The number of anilines is 1. The van der Waals surface area contributed by atoms with Crippen molar-refractivity contribution in [1.82, 2.24) is 25.1 Å². The van der Waals surface area contributed by atoms with E-state index in [9.17, 15) is 4.79 Å². The minimum atomic E-state index is -0.199.